The molecular formula is C8H12N4O2. The van der Waals surface area contributed by atoms with Crippen molar-refractivity contribution in [3.05, 3.63) is 11.9 Å². The molecule has 1 amide bonds. The Hall–Kier alpha value is -1.56. The molecule has 0 atom stereocenters. The first-order valence-electron chi connectivity index (χ1n) is 4.30. The summed E-state index contributed by atoms with van der Waals surface area (Å²) in [7, 11) is 0. The lowest BCUT2D eigenvalue weighted by Crippen LogP contribution is -2.61. The normalized spacial score (nSPS) is 19.1. The molecule has 0 bridgehead atoms. The fourth-order valence-electron chi connectivity index (χ4n) is 1.54. The number of aromatic nitrogens is 2. The number of anilines is 1. The summed E-state index contributed by atoms with van der Waals surface area (Å²) in [6.07, 6.45) is 1.39. The van der Waals surface area contributed by atoms with Crippen LogP contribution in [-0.4, -0.2) is 44.8 Å². The summed E-state index contributed by atoms with van der Waals surface area (Å²) in [4.78, 5) is 13.2. The molecule has 2 rings (SSSR count). The third-order valence-corrected chi connectivity index (χ3v) is 2.23. The average Bonchev–Trinajstić information content (AvgIpc) is 2.45. The molecule has 1 aromatic rings. The zero-order valence-corrected chi connectivity index (χ0v) is 7.82. The van der Waals surface area contributed by atoms with E-state index in [1.807, 2.05) is 0 Å². The van der Waals surface area contributed by atoms with E-state index in [1.165, 1.54) is 11.1 Å². The monoisotopic (exact) mass is 196 g/mol. The van der Waals surface area contributed by atoms with Crippen LogP contribution in [0.2, 0.25) is 0 Å². The molecule has 1 saturated heterocycles. The van der Waals surface area contributed by atoms with Gasteiger partial charge < -0.3 is 15.7 Å². The molecule has 2 heterocycles. The van der Waals surface area contributed by atoms with E-state index in [0.29, 0.717) is 24.5 Å². The maximum atomic E-state index is 11.7. The minimum absolute atomic E-state index is 0.216. The van der Waals surface area contributed by atoms with Gasteiger partial charge in [0, 0.05) is 0 Å². The molecule has 1 fully saturated rings. The van der Waals surface area contributed by atoms with Gasteiger partial charge in [0.15, 0.2) is 0 Å². The standard InChI is InChI=1S/C8H12N4O2/c1-8(14)3-12(4-8)7(13)6-5(9)2-10-11-6/h2,14H,3-4,9H2,1H3,(H,10,11). The molecule has 0 unspecified atom stereocenters. The van der Waals surface area contributed by atoms with E-state index in [0.717, 1.165) is 0 Å². The van der Waals surface area contributed by atoms with E-state index < -0.39 is 5.60 Å². The third kappa shape index (κ3) is 1.33. The fourth-order valence-corrected chi connectivity index (χ4v) is 1.54. The Morgan fingerprint density at radius 3 is 2.86 bits per heavy atom. The van der Waals surface area contributed by atoms with E-state index in [2.05, 4.69) is 10.2 Å². The smallest absolute Gasteiger partial charge is 0.274 e. The second-order valence-electron chi connectivity index (χ2n) is 3.86. The van der Waals surface area contributed by atoms with E-state index >= 15 is 0 Å². The van der Waals surface area contributed by atoms with Crippen molar-refractivity contribution in [2.75, 3.05) is 18.8 Å². The summed E-state index contributed by atoms with van der Waals surface area (Å²) in [5.74, 6) is -0.216. The number of likely N-dealkylation sites (tertiary alicyclic amines) is 1. The van der Waals surface area contributed by atoms with Gasteiger partial charge in [0.2, 0.25) is 0 Å². The molecular weight excluding hydrogens is 184 g/mol. The Morgan fingerprint density at radius 1 is 1.79 bits per heavy atom. The van der Waals surface area contributed by atoms with Crippen molar-refractivity contribution in [2.45, 2.75) is 12.5 Å². The Morgan fingerprint density at radius 2 is 2.43 bits per heavy atom. The fraction of sp³-hybridized carbons (Fsp3) is 0.500. The Labute approximate surface area is 80.7 Å². The third-order valence-electron chi connectivity index (χ3n) is 2.23. The van der Waals surface area contributed by atoms with Crippen LogP contribution in [-0.2, 0) is 0 Å². The lowest BCUT2D eigenvalue weighted by Gasteiger charge is -2.43. The second kappa shape index (κ2) is 2.71. The van der Waals surface area contributed by atoms with E-state index in [9.17, 15) is 9.90 Å². The SMILES string of the molecule is CC1(O)CN(C(=O)c2[nH]ncc2N)C1. The van der Waals surface area contributed by atoms with Crippen LogP contribution in [0.3, 0.4) is 0 Å². The van der Waals surface area contributed by atoms with E-state index in [-0.39, 0.29) is 5.91 Å². The molecule has 1 aromatic heterocycles. The number of nitrogens with two attached hydrogens (primary N) is 1. The minimum Gasteiger partial charge on any atom is -0.396 e. The van der Waals surface area contributed by atoms with Crippen LogP contribution in [0.15, 0.2) is 6.20 Å². The quantitative estimate of drug-likeness (QED) is 0.548. The van der Waals surface area contributed by atoms with Crippen molar-refractivity contribution in [2.24, 2.45) is 0 Å². The number of nitrogens with zero attached hydrogens (tertiary/aromatic N) is 2. The Balaban J connectivity index is 2.08. The maximum Gasteiger partial charge on any atom is 0.274 e. The Bertz CT molecular complexity index is 363. The molecule has 0 aromatic carbocycles. The van der Waals surface area contributed by atoms with Crippen molar-refractivity contribution in [1.82, 2.24) is 15.1 Å². The number of H-pyrrole nitrogens is 1. The van der Waals surface area contributed by atoms with Crippen LogP contribution in [0.5, 0.6) is 0 Å². The lowest BCUT2D eigenvalue weighted by molar-refractivity contribution is -0.0670. The van der Waals surface area contributed by atoms with Gasteiger partial charge in [-0.15, -0.1) is 0 Å². The predicted molar refractivity (Wildman–Crippen MR) is 49.5 cm³/mol. The van der Waals surface area contributed by atoms with Crippen molar-refractivity contribution in [3.63, 3.8) is 0 Å². The van der Waals surface area contributed by atoms with Crippen molar-refractivity contribution in [3.8, 4) is 0 Å². The maximum absolute atomic E-state index is 11.7. The zero-order valence-electron chi connectivity index (χ0n) is 7.82. The highest BCUT2D eigenvalue weighted by Gasteiger charge is 2.40. The summed E-state index contributed by atoms with van der Waals surface area (Å²) in [6.45, 7) is 2.36. The molecule has 0 radical (unpaired) electrons. The van der Waals surface area contributed by atoms with Crippen molar-refractivity contribution >= 4 is 11.6 Å². The number of aliphatic hydroxyl groups is 1. The van der Waals surface area contributed by atoms with Gasteiger partial charge in [-0.2, -0.15) is 5.10 Å². The van der Waals surface area contributed by atoms with Gasteiger partial charge in [-0.1, -0.05) is 0 Å². The first-order chi connectivity index (χ1) is 6.49. The van der Waals surface area contributed by atoms with E-state index in [1.54, 1.807) is 6.92 Å². The molecule has 4 N–H and O–H groups in total. The van der Waals surface area contributed by atoms with Gasteiger partial charge in [0.05, 0.1) is 30.6 Å². The topological polar surface area (TPSA) is 95.2 Å². The first-order valence-corrected chi connectivity index (χ1v) is 4.30. The average molecular weight is 196 g/mol. The van der Waals surface area contributed by atoms with Crippen LogP contribution in [0.4, 0.5) is 5.69 Å². The summed E-state index contributed by atoms with van der Waals surface area (Å²) >= 11 is 0. The molecule has 76 valence electrons. The number of rotatable bonds is 1. The van der Waals surface area contributed by atoms with Crippen molar-refractivity contribution < 1.29 is 9.90 Å². The lowest BCUT2D eigenvalue weighted by atomic mass is 9.96. The van der Waals surface area contributed by atoms with Crippen LogP contribution < -0.4 is 5.73 Å². The molecule has 1 aliphatic rings. The predicted octanol–water partition coefficient (Wildman–Crippen LogP) is -0.801. The zero-order chi connectivity index (χ0) is 10.3. The van der Waals surface area contributed by atoms with Gasteiger partial charge in [0.1, 0.15) is 5.69 Å². The number of nitrogens with one attached hydrogen (secondary N) is 1. The second-order valence-corrected chi connectivity index (χ2v) is 3.86. The molecule has 0 aliphatic carbocycles. The van der Waals surface area contributed by atoms with Gasteiger partial charge in [-0.3, -0.25) is 9.89 Å². The number of nitrogen functional groups attached to an aromatic ring is 1. The molecule has 0 spiro atoms. The van der Waals surface area contributed by atoms with Crippen LogP contribution >= 0.6 is 0 Å². The largest absolute Gasteiger partial charge is 0.396 e. The minimum atomic E-state index is -0.759. The number of carbonyl (C=O) groups is 1. The number of amides is 1. The number of hydrogen-bond acceptors (Lipinski definition) is 4. The van der Waals surface area contributed by atoms with Crippen molar-refractivity contribution in [1.29, 1.82) is 0 Å². The highest BCUT2D eigenvalue weighted by Crippen LogP contribution is 2.22. The number of carbonyl (C=O) groups excluding carboxylic acids is 1. The summed E-state index contributed by atoms with van der Waals surface area (Å²) in [5, 5.41) is 15.6. The van der Waals surface area contributed by atoms with Gasteiger partial charge >= 0.3 is 0 Å². The number of hydrogen-bond donors (Lipinski definition) is 3. The molecule has 1 aliphatic heterocycles. The van der Waals surface area contributed by atoms with Gasteiger partial charge in [0.25, 0.3) is 5.91 Å². The molecule has 6 nitrogen and oxygen atoms in total. The summed E-state index contributed by atoms with van der Waals surface area (Å²) < 4.78 is 0. The van der Waals surface area contributed by atoms with Gasteiger partial charge in [-0.25, -0.2) is 0 Å². The van der Waals surface area contributed by atoms with Crippen LogP contribution in [0.1, 0.15) is 17.4 Å². The molecule has 14 heavy (non-hydrogen) atoms. The molecule has 0 saturated carbocycles. The Kier molecular flexibility index (Phi) is 1.75. The van der Waals surface area contributed by atoms with Crippen LogP contribution in [0.25, 0.3) is 0 Å². The van der Waals surface area contributed by atoms with Crippen LogP contribution in [0, 0.1) is 0 Å². The molecule has 6 heteroatoms. The highest BCUT2D eigenvalue weighted by molar-refractivity contribution is 5.97. The first kappa shape index (κ1) is 9.01. The number of aromatic amines is 1. The van der Waals surface area contributed by atoms with E-state index in [4.69, 9.17) is 5.73 Å². The van der Waals surface area contributed by atoms with Gasteiger partial charge in [-0.05, 0) is 6.92 Å². The summed E-state index contributed by atoms with van der Waals surface area (Å²) in [5.41, 5.74) is 5.39. The highest BCUT2D eigenvalue weighted by atomic mass is 16.3. The summed E-state index contributed by atoms with van der Waals surface area (Å²) in [6, 6.07) is 0. The number of β-amino-alcohol motifs (C(OH)–C–C–N with tert-alkyl or cyclic N) is 1.